The van der Waals surface area contributed by atoms with Crippen LogP contribution in [-0.2, 0) is 11.2 Å². The molecule has 0 radical (unpaired) electrons. The molecule has 1 aliphatic carbocycles. The van der Waals surface area contributed by atoms with Crippen molar-refractivity contribution < 1.29 is 4.74 Å². The van der Waals surface area contributed by atoms with E-state index in [4.69, 9.17) is 4.74 Å². The smallest absolute Gasteiger partial charge is 0.0502 e. The molecule has 0 bridgehead atoms. The number of nitrogens with one attached hydrogen (secondary N) is 1. The molecule has 1 N–H and O–H groups in total. The van der Waals surface area contributed by atoms with E-state index in [9.17, 15) is 0 Å². The molecule has 1 aromatic carbocycles. The maximum absolute atomic E-state index is 5.14. The van der Waals surface area contributed by atoms with Crippen molar-refractivity contribution in [2.24, 2.45) is 5.92 Å². The van der Waals surface area contributed by atoms with E-state index in [0.717, 1.165) is 18.9 Å². The Morgan fingerprint density at radius 2 is 1.75 bits per heavy atom. The predicted octanol–water partition coefficient (Wildman–Crippen LogP) is 4.11. The average molecular weight is 275 g/mol. The van der Waals surface area contributed by atoms with Crippen LogP contribution in [0.25, 0.3) is 0 Å². The molecular formula is C18H29NO. The summed E-state index contributed by atoms with van der Waals surface area (Å²) in [4.78, 5) is 0. The van der Waals surface area contributed by atoms with Crippen LogP contribution in [0.2, 0.25) is 0 Å². The van der Waals surface area contributed by atoms with Crippen LogP contribution in [0.1, 0.15) is 55.7 Å². The Morgan fingerprint density at radius 3 is 2.30 bits per heavy atom. The van der Waals surface area contributed by atoms with Gasteiger partial charge in [0, 0.05) is 13.2 Å². The molecule has 2 rings (SSSR count). The van der Waals surface area contributed by atoms with Crippen LogP contribution in [-0.4, -0.2) is 20.8 Å². The van der Waals surface area contributed by atoms with Crippen molar-refractivity contribution in [3.63, 3.8) is 0 Å². The highest BCUT2D eigenvalue weighted by molar-refractivity contribution is 5.25. The number of rotatable bonds is 6. The fraction of sp³-hybridized carbons (Fsp3) is 0.667. The molecular weight excluding hydrogens is 246 g/mol. The Kier molecular flexibility index (Phi) is 6.55. The maximum Gasteiger partial charge on any atom is 0.0502 e. The minimum atomic E-state index is 0.518. The third-order valence-electron chi connectivity index (χ3n) is 4.62. The van der Waals surface area contributed by atoms with E-state index >= 15 is 0 Å². The number of hydrogen-bond donors (Lipinski definition) is 1. The summed E-state index contributed by atoms with van der Waals surface area (Å²) in [5.41, 5.74) is 2.81. The third kappa shape index (κ3) is 4.32. The SMILES string of the molecule is CNC(c1ccc(CCOC)cc1)C1CCCCCC1. The Bertz CT molecular complexity index is 366. The molecule has 1 aliphatic rings. The molecule has 2 heteroatoms. The third-order valence-corrected chi connectivity index (χ3v) is 4.62. The second-order valence-corrected chi connectivity index (χ2v) is 6.00. The van der Waals surface area contributed by atoms with Crippen LogP contribution in [0, 0.1) is 5.92 Å². The zero-order valence-electron chi connectivity index (χ0n) is 13.0. The van der Waals surface area contributed by atoms with Crippen LogP contribution < -0.4 is 5.32 Å². The fourth-order valence-electron chi connectivity index (χ4n) is 3.43. The van der Waals surface area contributed by atoms with E-state index in [-0.39, 0.29) is 0 Å². The summed E-state index contributed by atoms with van der Waals surface area (Å²) in [5, 5.41) is 3.55. The first-order chi connectivity index (χ1) is 9.85. The highest BCUT2D eigenvalue weighted by atomic mass is 16.5. The molecule has 0 saturated heterocycles. The van der Waals surface area contributed by atoms with E-state index in [2.05, 4.69) is 36.6 Å². The highest BCUT2D eigenvalue weighted by Gasteiger charge is 2.22. The topological polar surface area (TPSA) is 21.3 Å². The molecule has 1 unspecified atom stereocenters. The van der Waals surface area contributed by atoms with Crippen molar-refractivity contribution in [1.82, 2.24) is 5.32 Å². The maximum atomic E-state index is 5.14. The molecule has 1 atom stereocenters. The van der Waals surface area contributed by atoms with E-state index in [1.54, 1.807) is 7.11 Å². The van der Waals surface area contributed by atoms with Crippen molar-refractivity contribution in [1.29, 1.82) is 0 Å². The fourth-order valence-corrected chi connectivity index (χ4v) is 3.43. The number of hydrogen-bond acceptors (Lipinski definition) is 2. The lowest BCUT2D eigenvalue weighted by Gasteiger charge is -2.26. The molecule has 0 aliphatic heterocycles. The van der Waals surface area contributed by atoms with Crippen LogP contribution in [0.3, 0.4) is 0 Å². The second-order valence-electron chi connectivity index (χ2n) is 6.00. The Morgan fingerprint density at radius 1 is 1.10 bits per heavy atom. The largest absolute Gasteiger partial charge is 0.384 e. The molecule has 0 aromatic heterocycles. The second kappa shape index (κ2) is 8.43. The van der Waals surface area contributed by atoms with Crippen molar-refractivity contribution in [3.05, 3.63) is 35.4 Å². The van der Waals surface area contributed by atoms with Gasteiger partial charge >= 0.3 is 0 Å². The zero-order chi connectivity index (χ0) is 14.2. The van der Waals surface area contributed by atoms with Crippen LogP contribution in [0.4, 0.5) is 0 Å². The van der Waals surface area contributed by atoms with Gasteiger partial charge in [0.25, 0.3) is 0 Å². The Labute approximate surface area is 123 Å². The summed E-state index contributed by atoms with van der Waals surface area (Å²) in [5.74, 6) is 0.798. The predicted molar refractivity (Wildman–Crippen MR) is 85.0 cm³/mol. The van der Waals surface area contributed by atoms with Gasteiger partial charge in [0.2, 0.25) is 0 Å². The van der Waals surface area contributed by atoms with Gasteiger partial charge in [-0.3, -0.25) is 0 Å². The van der Waals surface area contributed by atoms with E-state index < -0.39 is 0 Å². The Hall–Kier alpha value is -0.860. The molecule has 0 heterocycles. The summed E-state index contributed by atoms with van der Waals surface area (Å²) in [6.07, 6.45) is 9.38. The number of methoxy groups -OCH3 is 1. The first kappa shape index (κ1) is 15.5. The summed E-state index contributed by atoms with van der Waals surface area (Å²) in [6.45, 7) is 0.803. The van der Waals surface area contributed by atoms with Crippen molar-refractivity contribution in [3.8, 4) is 0 Å². The van der Waals surface area contributed by atoms with Gasteiger partial charge in [0.15, 0.2) is 0 Å². The van der Waals surface area contributed by atoms with E-state index in [1.807, 2.05) is 0 Å². The van der Waals surface area contributed by atoms with E-state index in [0.29, 0.717) is 6.04 Å². The standard InChI is InChI=1S/C18H29NO/c1-19-18(16-7-5-3-4-6-8-16)17-11-9-15(10-12-17)13-14-20-2/h9-12,16,18-19H,3-8,13-14H2,1-2H3. The van der Waals surface area contributed by atoms with Crippen molar-refractivity contribution in [2.45, 2.75) is 51.0 Å². The van der Waals surface area contributed by atoms with Crippen LogP contribution >= 0.6 is 0 Å². The average Bonchev–Trinajstić information content (AvgIpc) is 2.76. The quantitative estimate of drug-likeness (QED) is 0.789. The van der Waals surface area contributed by atoms with Gasteiger partial charge in [0.1, 0.15) is 0 Å². The Balaban J connectivity index is 2.02. The molecule has 1 saturated carbocycles. The monoisotopic (exact) mass is 275 g/mol. The van der Waals surface area contributed by atoms with Gasteiger partial charge in [-0.1, -0.05) is 49.9 Å². The number of benzene rings is 1. The van der Waals surface area contributed by atoms with Gasteiger partial charge in [-0.05, 0) is 43.4 Å². The molecule has 0 amide bonds. The summed E-state index contributed by atoms with van der Waals surface area (Å²) < 4.78 is 5.14. The van der Waals surface area contributed by atoms with Gasteiger partial charge in [-0.15, -0.1) is 0 Å². The minimum Gasteiger partial charge on any atom is -0.384 e. The number of ether oxygens (including phenoxy) is 1. The minimum absolute atomic E-state index is 0.518. The summed E-state index contributed by atoms with van der Waals surface area (Å²) >= 11 is 0. The van der Waals surface area contributed by atoms with Gasteiger partial charge in [-0.25, -0.2) is 0 Å². The zero-order valence-corrected chi connectivity index (χ0v) is 13.0. The molecule has 20 heavy (non-hydrogen) atoms. The van der Waals surface area contributed by atoms with Gasteiger partial charge in [0.05, 0.1) is 6.61 Å². The van der Waals surface area contributed by atoms with Crippen molar-refractivity contribution in [2.75, 3.05) is 20.8 Å². The first-order valence-corrected chi connectivity index (χ1v) is 8.10. The summed E-state index contributed by atoms with van der Waals surface area (Å²) in [6, 6.07) is 9.64. The molecule has 1 fully saturated rings. The van der Waals surface area contributed by atoms with Gasteiger partial charge < -0.3 is 10.1 Å². The lowest BCUT2D eigenvalue weighted by atomic mass is 9.87. The van der Waals surface area contributed by atoms with Gasteiger partial charge in [-0.2, -0.15) is 0 Å². The highest BCUT2D eigenvalue weighted by Crippen LogP contribution is 2.33. The molecule has 0 spiro atoms. The lowest BCUT2D eigenvalue weighted by Crippen LogP contribution is -2.25. The lowest BCUT2D eigenvalue weighted by molar-refractivity contribution is 0.202. The molecule has 112 valence electrons. The first-order valence-electron chi connectivity index (χ1n) is 8.10. The van der Waals surface area contributed by atoms with Crippen molar-refractivity contribution >= 4 is 0 Å². The van der Waals surface area contributed by atoms with Crippen LogP contribution in [0.15, 0.2) is 24.3 Å². The molecule has 2 nitrogen and oxygen atoms in total. The van der Waals surface area contributed by atoms with Crippen LogP contribution in [0.5, 0.6) is 0 Å². The summed E-state index contributed by atoms with van der Waals surface area (Å²) in [7, 11) is 3.87. The normalized spacial score (nSPS) is 18.7. The molecule has 1 aromatic rings. The van der Waals surface area contributed by atoms with E-state index in [1.165, 1.54) is 49.7 Å².